The third-order valence-corrected chi connectivity index (χ3v) is 3.46. The van der Waals surface area contributed by atoms with E-state index < -0.39 is 0 Å². The summed E-state index contributed by atoms with van der Waals surface area (Å²) in [6, 6.07) is 3.99. The Kier molecular flexibility index (Phi) is 4.20. The molecule has 1 saturated carbocycles. The van der Waals surface area contributed by atoms with Crippen LogP contribution in [0.1, 0.15) is 31.4 Å². The van der Waals surface area contributed by atoms with E-state index >= 15 is 0 Å². The number of rotatable bonds is 5. The molecule has 94 valence electrons. The third kappa shape index (κ3) is 3.60. The number of furan rings is 1. The standard InChI is InChI=1S/C13H20N2O2/c14-12-5-1-3-10(12)9-15-13(16)7-6-11-4-2-8-17-11/h2,4,8,10,12H,1,3,5-7,9,14H2,(H,15,16). The van der Waals surface area contributed by atoms with Gasteiger partial charge in [-0.2, -0.15) is 0 Å². The highest BCUT2D eigenvalue weighted by Crippen LogP contribution is 2.22. The average Bonchev–Trinajstić information content (AvgIpc) is 2.95. The summed E-state index contributed by atoms with van der Waals surface area (Å²) in [6.07, 6.45) is 6.19. The van der Waals surface area contributed by atoms with Gasteiger partial charge in [-0.3, -0.25) is 4.79 Å². The quantitative estimate of drug-likeness (QED) is 0.813. The maximum absolute atomic E-state index is 11.6. The molecule has 1 aromatic heterocycles. The Balaban J connectivity index is 1.64. The predicted octanol–water partition coefficient (Wildman–Crippen LogP) is 1.46. The van der Waals surface area contributed by atoms with E-state index in [2.05, 4.69) is 5.32 Å². The molecular formula is C13H20N2O2. The van der Waals surface area contributed by atoms with E-state index in [9.17, 15) is 4.79 Å². The van der Waals surface area contributed by atoms with Crippen molar-refractivity contribution in [3.63, 3.8) is 0 Å². The number of nitrogens with two attached hydrogens (primary N) is 1. The highest BCUT2D eigenvalue weighted by molar-refractivity contribution is 5.76. The fourth-order valence-electron chi connectivity index (χ4n) is 2.34. The van der Waals surface area contributed by atoms with Gasteiger partial charge in [0.2, 0.25) is 5.91 Å². The highest BCUT2D eigenvalue weighted by Gasteiger charge is 2.23. The predicted molar refractivity (Wildman–Crippen MR) is 65.4 cm³/mol. The van der Waals surface area contributed by atoms with Crippen molar-refractivity contribution in [2.45, 2.75) is 38.1 Å². The molecule has 1 aromatic rings. The zero-order chi connectivity index (χ0) is 12.1. The molecule has 2 unspecified atom stereocenters. The third-order valence-electron chi connectivity index (χ3n) is 3.46. The normalized spacial score (nSPS) is 23.8. The Hall–Kier alpha value is -1.29. The van der Waals surface area contributed by atoms with Gasteiger partial charge >= 0.3 is 0 Å². The van der Waals surface area contributed by atoms with Crippen LogP contribution in [-0.4, -0.2) is 18.5 Å². The van der Waals surface area contributed by atoms with Gasteiger partial charge in [0.15, 0.2) is 0 Å². The van der Waals surface area contributed by atoms with E-state index in [1.54, 1.807) is 6.26 Å². The topological polar surface area (TPSA) is 68.3 Å². The summed E-state index contributed by atoms with van der Waals surface area (Å²) < 4.78 is 5.18. The fourth-order valence-corrected chi connectivity index (χ4v) is 2.34. The van der Waals surface area contributed by atoms with Gasteiger partial charge in [-0.15, -0.1) is 0 Å². The smallest absolute Gasteiger partial charge is 0.220 e. The number of carbonyl (C=O) groups excluding carboxylic acids is 1. The first-order valence-corrected chi connectivity index (χ1v) is 6.30. The van der Waals surface area contributed by atoms with Gasteiger partial charge in [0, 0.05) is 25.4 Å². The molecule has 1 heterocycles. The summed E-state index contributed by atoms with van der Waals surface area (Å²) in [5.74, 6) is 1.40. The lowest BCUT2D eigenvalue weighted by atomic mass is 10.0. The molecule has 0 bridgehead atoms. The van der Waals surface area contributed by atoms with Crippen molar-refractivity contribution in [2.75, 3.05) is 6.54 Å². The second kappa shape index (κ2) is 5.87. The number of amides is 1. The lowest BCUT2D eigenvalue weighted by Gasteiger charge is -2.15. The average molecular weight is 236 g/mol. The van der Waals surface area contributed by atoms with E-state index in [-0.39, 0.29) is 11.9 Å². The maximum Gasteiger partial charge on any atom is 0.220 e. The van der Waals surface area contributed by atoms with E-state index in [1.807, 2.05) is 12.1 Å². The summed E-state index contributed by atoms with van der Waals surface area (Å²) in [5.41, 5.74) is 5.95. The van der Waals surface area contributed by atoms with Gasteiger partial charge in [0.05, 0.1) is 6.26 Å². The van der Waals surface area contributed by atoms with Crippen LogP contribution in [-0.2, 0) is 11.2 Å². The minimum atomic E-state index is 0.0838. The summed E-state index contributed by atoms with van der Waals surface area (Å²) >= 11 is 0. The molecule has 1 aliphatic rings. The van der Waals surface area contributed by atoms with E-state index in [0.29, 0.717) is 18.8 Å². The zero-order valence-electron chi connectivity index (χ0n) is 10.0. The molecule has 17 heavy (non-hydrogen) atoms. The number of carbonyl (C=O) groups is 1. The number of hydrogen-bond acceptors (Lipinski definition) is 3. The zero-order valence-corrected chi connectivity index (χ0v) is 10.0. The molecule has 0 aromatic carbocycles. The fraction of sp³-hybridized carbons (Fsp3) is 0.615. The van der Waals surface area contributed by atoms with Crippen molar-refractivity contribution >= 4 is 5.91 Å². The summed E-state index contributed by atoms with van der Waals surface area (Å²) in [7, 11) is 0. The van der Waals surface area contributed by atoms with Gasteiger partial charge in [-0.1, -0.05) is 6.42 Å². The summed E-state index contributed by atoms with van der Waals surface area (Å²) in [5, 5.41) is 2.96. The van der Waals surface area contributed by atoms with Crippen molar-refractivity contribution in [2.24, 2.45) is 11.7 Å². The van der Waals surface area contributed by atoms with Crippen molar-refractivity contribution in [3.05, 3.63) is 24.2 Å². The first-order valence-electron chi connectivity index (χ1n) is 6.30. The van der Waals surface area contributed by atoms with Crippen LogP contribution in [0.4, 0.5) is 0 Å². The Morgan fingerprint density at radius 1 is 1.53 bits per heavy atom. The summed E-state index contributed by atoms with van der Waals surface area (Å²) in [4.78, 5) is 11.6. The first-order chi connectivity index (χ1) is 8.25. The minimum absolute atomic E-state index is 0.0838. The minimum Gasteiger partial charge on any atom is -0.469 e. The first kappa shape index (κ1) is 12.2. The van der Waals surface area contributed by atoms with Gasteiger partial charge in [0.25, 0.3) is 0 Å². The lowest BCUT2D eigenvalue weighted by Crippen LogP contribution is -2.36. The molecule has 0 radical (unpaired) electrons. The molecule has 0 spiro atoms. The number of nitrogens with one attached hydrogen (secondary N) is 1. The van der Waals surface area contributed by atoms with Crippen LogP contribution in [0.2, 0.25) is 0 Å². The molecule has 0 saturated heterocycles. The second-order valence-electron chi connectivity index (χ2n) is 4.74. The Morgan fingerprint density at radius 3 is 3.06 bits per heavy atom. The molecular weight excluding hydrogens is 216 g/mol. The van der Waals surface area contributed by atoms with Crippen LogP contribution in [0.5, 0.6) is 0 Å². The van der Waals surface area contributed by atoms with Crippen LogP contribution < -0.4 is 11.1 Å². The molecule has 0 aliphatic heterocycles. The SMILES string of the molecule is NC1CCCC1CNC(=O)CCc1ccco1. The molecule has 2 rings (SSSR count). The number of hydrogen-bond donors (Lipinski definition) is 2. The van der Waals surface area contributed by atoms with Gasteiger partial charge in [-0.05, 0) is 30.9 Å². The van der Waals surface area contributed by atoms with Crippen LogP contribution >= 0.6 is 0 Å². The number of aryl methyl sites for hydroxylation is 1. The van der Waals surface area contributed by atoms with E-state index in [0.717, 1.165) is 25.1 Å². The Labute approximate surface area is 102 Å². The summed E-state index contributed by atoms with van der Waals surface area (Å²) in [6.45, 7) is 0.720. The second-order valence-corrected chi connectivity index (χ2v) is 4.74. The van der Waals surface area contributed by atoms with Gasteiger partial charge in [0.1, 0.15) is 5.76 Å². The maximum atomic E-state index is 11.6. The van der Waals surface area contributed by atoms with E-state index in [4.69, 9.17) is 10.2 Å². The highest BCUT2D eigenvalue weighted by atomic mass is 16.3. The molecule has 3 N–H and O–H groups in total. The van der Waals surface area contributed by atoms with Crippen LogP contribution in [0.3, 0.4) is 0 Å². The van der Waals surface area contributed by atoms with Crippen molar-refractivity contribution in [3.8, 4) is 0 Å². The molecule has 1 amide bonds. The molecule has 1 fully saturated rings. The van der Waals surface area contributed by atoms with Crippen LogP contribution in [0, 0.1) is 5.92 Å². The van der Waals surface area contributed by atoms with Crippen LogP contribution in [0.15, 0.2) is 22.8 Å². The molecule has 4 heteroatoms. The largest absolute Gasteiger partial charge is 0.469 e. The van der Waals surface area contributed by atoms with Gasteiger partial charge in [-0.25, -0.2) is 0 Å². The van der Waals surface area contributed by atoms with Crippen LogP contribution in [0.25, 0.3) is 0 Å². The van der Waals surface area contributed by atoms with Crippen molar-refractivity contribution in [1.29, 1.82) is 0 Å². The lowest BCUT2D eigenvalue weighted by molar-refractivity contribution is -0.121. The molecule has 4 nitrogen and oxygen atoms in total. The Morgan fingerprint density at radius 2 is 2.41 bits per heavy atom. The van der Waals surface area contributed by atoms with Gasteiger partial charge < -0.3 is 15.5 Å². The monoisotopic (exact) mass is 236 g/mol. The van der Waals surface area contributed by atoms with Crippen molar-refractivity contribution in [1.82, 2.24) is 5.32 Å². The van der Waals surface area contributed by atoms with E-state index in [1.165, 1.54) is 6.42 Å². The van der Waals surface area contributed by atoms with Crippen molar-refractivity contribution < 1.29 is 9.21 Å². The molecule has 2 atom stereocenters. The Bertz CT molecular complexity index is 348. The molecule has 1 aliphatic carbocycles.